The van der Waals surface area contributed by atoms with Gasteiger partial charge in [0.25, 0.3) is 0 Å². The standard InChI is InChI=1S/C19H13NO3/c21-11-16-14-7-6-12(13-3-2-8-20-10-13)9-18(14)23-19-15(16)4-1-5-17(19)22/h1-11,16,22H. The summed E-state index contributed by atoms with van der Waals surface area (Å²) in [7, 11) is 0. The number of ether oxygens (including phenoxy) is 1. The van der Waals surface area contributed by atoms with Crippen molar-refractivity contribution < 1.29 is 14.6 Å². The van der Waals surface area contributed by atoms with Gasteiger partial charge >= 0.3 is 0 Å². The number of aromatic nitrogens is 1. The largest absolute Gasteiger partial charge is 0.504 e. The maximum Gasteiger partial charge on any atom is 0.173 e. The van der Waals surface area contributed by atoms with Crippen molar-refractivity contribution in [3.8, 4) is 28.4 Å². The van der Waals surface area contributed by atoms with Gasteiger partial charge in [-0.15, -0.1) is 0 Å². The number of carbonyl (C=O) groups is 1. The van der Waals surface area contributed by atoms with Crippen LogP contribution < -0.4 is 4.74 Å². The Hall–Kier alpha value is -3.14. The predicted octanol–water partition coefficient (Wildman–Crippen LogP) is 3.89. The van der Waals surface area contributed by atoms with E-state index >= 15 is 0 Å². The van der Waals surface area contributed by atoms with Crippen LogP contribution in [0, 0.1) is 0 Å². The third-order valence-electron chi connectivity index (χ3n) is 4.05. The van der Waals surface area contributed by atoms with Crippen LogP contribution in [0.5, 0.6) is 17.2 Å². The molecule has 3 aromatic rings. The van der Waals surface area contributed by atoms with Crippen molar-refractivity contribution in [1.29, 1.82) is 0 Å². The zero-order valence-corrected chi connectivity index (χ0v) is 12.1. The van der Waals surface area contributed by atoms with Gasteiger partial charge in [0, 0.05) is 29.1 Å². The van der Waals surface area contributed by atoms with Crippen LogP contribution in [0.4, 0.5) is 0 Å². The number of para-hydroxylation sites is 1. The molecule has 0 fully saturated rings. The summed E-state index contributed by atoms with van der Waals surface area (Å²) in [6.07, 6.45) is 4.37. The molecular formula is C19H13NO3. The molecule has 0 amide bonds. The maximum absolute atomic E-state index is 11.6. The van der Waals surface area contributed by atoms with E-state index in [-0.39, 0.29) is 5.75 Å². The number of fused-ring (bicyclic) bond motifs is 2. The summed E-state index contributed by atoms with van der Waals surface area (Å²) < 4.78 is 5.87. The van der Waals surface area contributed by atoms with Gasteiger partial charge in [-0.05, 0) is 23.8 Å². The minimum absolute atomic E-state index is 0.0341. The monoisotopic (exact) mass is 303 g/mol. The van der Waals surface area contributed by atoms with Gasteiger partial charge in [-0.1, -0.05) is 30.3 Å². The SMILES string of the molecule is O=CC1c2ccc(-c3cccnc3)cc2Oc2c(O)cccc21. The fraction of sp³-hybridized carbons (Fsp3) is 0.0526. The summed E-state index contributed by atoms with van der Waals surface area (Å²) in [5.74, 6) is 0.522. The highest BCUT2D eigenvalue weighted by Gasteiger charge is 2.29. The summed E-state index contributed by atoms with van der Waals surface area (Å²) in [6.45, 7) is 0. The molecule has 4 heteroatoms. The number of hydrogen-bond acceptors (Lipinski definition) is 4. The highest BCUT2D eigenvalue weighted by atomic mass is 16.5. The molecule has 0 saturated carbocycles. The zero-order chi connectivity index (χ0) is 15.8. The molecule has 0 saturated heterocycles. The van der Waals surface area contributed by atoms with Crippen molar-refractivity contribution in [3.05, 3.63) is 72.1 Å². The summed E-state index contributed by atoms with van der Waals surface area (Å²) in [4.78, 5) is 15.7. The quantitative estimate of drug-likeness (QED) is 0.730. The number of phenols is 1. The van der Waals surface area contributed by atoms with Crippen LogP contribution in [0.25, 0.3) is 11.1 Å². The summed E-state index contributed by atoms with van der Waals surface area (Å²) in [5, 5.41) is 10.0. The third-order valence-corrected chi connectivity index (χ3v) is 4.05. The molecule has 0 spiro atoms. The van der Waals surface area contributed by atoms with Crippen molar-refractivity contribution in [2.45, 2.75) is 5.92 Å². The number of aldehydes is 1. The van der Waals surface area contributed by atoms with Crippen molar-refractivity contribution in [2.75, 3.05) is 0 Å². The molecule has 112 valence electrons. The Morgan fingerprint density at radius 2 is 1.96 bits per heavy atom. The Kier molecular flexibility index (Phi) is 3.08. The Labute approximate surface area is 133 Å². The molecule has 4 nitrogen and oxygen atoms in total. The number of aromatic hydroxyl groups is 1. The molecule has 4 rings (SSSR count). The van der Waals surface area contributed by atoms with E-state index in [1.54, 1.807) is 30.6 Å². The Bertz CT molecular complexity index is 890. The molecule has 1 N–H and O–H groups in total. The molecule has 23 heavy (non-hydrogen) atoms. The number of pyridine rings is 1. The van der Waals surface area contributed by atoms with Crippen LogP contribution in [0.2, 0.25) is 0 Å². The second-order valence-corrected chi connectivity index (χ2v) is 5.41. The van der Waals surface area contributed by atoms with Gasteiger partial charge in [0.2, 0.25) is 0 Å². The van der Waals surface area contributed by atoms with Crippen LogP contribution in [0.1, 0.15) is 17.0 Å². The van der Waals surface area contributed by atoms with Gasteiger partial charge in [-0.3, -0.25) is 4.98 Å². The zero-order valence-electron chi connectivity index (χ0n) is 12.1. The van der Waals surface area contributed by atoms with Gasteiger partial charge in [0.15, 0.2) is 11.5 Å². The number of hydrogen-bond donors (Lipinski definition) is 1. The first kappa shape index (κ1) is 13.5. The first-order valence-electron chi connectivity index (χ1n) is 7.27. The second-order valence-electron chi connectivity index (χ2n) is 5.41. The molecular weight excluding hydrogens is 290 g/mol. The second kappa shape index (κ2) is 5.25. The van der Waals surface area contributed by atoms with E-state index < -0.39 is 5.92 Å². The van der Waals surface area contributed by atoms with E-state index in [1.807, 2.05) is 30.3 Å². The van der Waals surface area contributed by atoms with Crippen LogP contribution in [-0.2, 0) is 4.79 Å². The van der Waals surface area contributed by atoms with Gasteiger partial charge < -0.3 is 14.6 Å². The van der Waals surface area contributed by atoms with Gasteiger partial charge in [-0.2, -0.15) is 0 Å². The highest BCUT2D eigenvalue weighted by molar-refractivity contribution is 5.77. The summed E-state index contributed by atoms with van der Waals surface area (Å²) >= 11 is 0. The van der Waals surface area contributed by atoms with Crippen LogP contribution in [0.3, 0.4) is 0 Å². The van der Waals surface area contributed by atoms with E-state index in [4.69, 9.17) is 4.74 Å². The molecule has 2 heterocycles. The Morgan fingerprint density at radius 1 is 1.04 bits per heavy atom. The Morgan fingerprint density at radius 3 is 2.74 bits per heavy atom. The lowest BCUT2D eigenvalue weighted by Gasteiger charge is -2.25. The van der Waals surface area contributed by atoms with Crippen LogP contribution >= 0.6 is 0 Å². The van der Waals surface area contributed by atoms with Crippen LogP contribution in [0.15, 0.2) is 60.9 Å². The Balaban J connectivity index is 1.86. The van der Waals surface area contributed by atoms with Crippen molar-refractivity contribution in [2.24, 2.45) is 0 Å². The molecule has 1 aliphatic rings. The summed E-state index contributed by atoms with van der Waals surface area (Å²) in [5.41, 5.74) is 3.39. The first-order valence-corrected chi connectivity index (χ1v) is 7.27. The van der Waals surface area contributed by atoms with Crippen molar-refractivity contribution >= 4 is 6.29 Å². The van der Waals surface area contributed by atoms with Gasteiger partial charge in [0.1, 0.15) is 12.0 Å². The number of carbonyl (C=O) groups excluding carboxylic acids is 1. The molecule has 1 aliphatic heterocycles. The topological polar surface area (TPSA) is 59.4 Å². The number of rotatable bonds is 2. The molecule has 0 radical (unpaired) electrons. The lowest BCUT2D eigenvalue weighted by molar-refractivity contribution is -0.108. The molecule has 1 atom stereocenters. The lowest BCUT2D eigenvalue weighted by Crippen LogP contribution is -2.11. The number of benzene rings is 2. The van der Waals surface area contributed by atoms with Crippen LogP contribution in [-0.4, -0.2) is 16.4 Å². The normalized spacial score (nSPS) is 15.2. The van der Waals surface area contributed by atoms with E-state index in [0.29, 0.717) is 17.1 Å². The smallest absolute Gasteiger partial charge is 0.173 e. The number of phenolic OH excluding ortho intramolecular Hbond substituents is 1. The van der Waals surface area contributed by atoms with Crippen molar-refractivity contribution in [1.82, 2.24) is 4.98 Å². The highest BCUT2D eigenvalue weighted by Crippen LogP contribution is 2.47. The van der Waals surface area contributed by atoms with E-state index in [1.165, 1.54) is 0 Å². The minimum Gasteiger partial charge on any atom is -0.504 e. The lowest BCUT2D eigenvalue weighted by atomic mass is 9.88. The number of nitrogens with zero attached hydrogens (tertiary/aromatic N) is 1. The molecule has 0 bridgehead atoms. The first-order chi connectivity index (χ1) is 11.3. The van der Waals surface area contributed by atoms with Gasteiger partial charge in [0.05, 0.1) is 5.92 Å². The predicted molar refractivity (Wildman–Crippen MR) is 85.8 cm³/mol. The average Bonchev–Trinajstić information content (AvgIpc) is 2.61. The van der Waals surface area contributed by atoms with Crippen molar-refractivity contribution in [3.63, 3.8) is 0 Å². The molecule has 2 aromatic carbocycles. The minimum atomic E-state index is -0.441. The molecule has 0 aliphatic carbocycles. The van der Waals surface area contributed by atoms with Gasteiger partial charge in [-0.25, -0.2) is 0 Å². The van der Waals surface area contributed by atoms with E-state index in [0.717, 1.165) is 23.0 Å². The fourth-order valence-electron chi connectivity index (χ4n) is 2.92. The average molecular weight is 303 g/mol. The molecule has 1 aromatic heterocycles. The fourth-order valence-corrected chi connectivity index (χ4v) is 2.92. The maximum atomic E-state index is 11.6. The third kappa shape index (κ3) is 2.16. The summed E-state index contributed by atoms with van der Waals surface area (Å²) in [6, 6.07) is 14.6. The van der Waals surface area contributed by atoms with E-state index in [9.17, 15) is 9.90 Å². The van der Waals surface area contributed by atoms with E-state index in [2.05, 4.69) is 4.98 Å². The molecule has 1 unspecified atom stereocenters.